The van der Waals surface area contributed by atoms with Gasteiger partial charge in [0.2, 0.25) is 5.82 Å². The molecule has 1 aromatic carbocycles. The van der Waals surface area contributed by atoms with E-state index >= 15 is 0 Å². The molecule has 0 unspecified atom stereocenters. The van der Waals surface area contributed by atoms with Crippen molar-refractivity contribution in [3.8, 4) is 0 Å². The van der Waals surface area contributed by atoms with Crippen molar-refractivity contribution in [1.29, 1.82) is 0 Å². The summed E-state index contributed by atoms with van der Waals surface area (Å²) in [4.78, 5) is 0. The summed E-state index contributed by atoms with van der Waals surface area (Å²) in [6, 6.07) is 13.2. The quantitative estimate of drug-likeness (QED) is 0.471. The first-order chi connectivity index (χ1) is 12.8. The average Bonchev–Trinajstić information content (AvgIpc) is 3.44. The monoisotopic (exact) mass is 379 g/mol. The number of benzene rings is 1. The fourth-order valence-corrected chi connectivity index (χ4v) is 5.25. The van der Waals surface area contributed by atoms with Crippen molar-refractivity contribution in [2.24, 2.45) is 7.05 Å². The fourth-order valence-electron chi connectivity index (χ4n) is 5.25. The number of halogens is 1. The zero-order chi connectivity index (χ0) is 17.3. The van der Waals surface area contributed by atoms with Gasteiger partial charge in [0.1, 0.15) is 6.04 Å². The second-order valence-corrected chi connectivity index (χ2v) is 7.30. The van der Waals surface area contributed by atoms with Gasteiger partial charge in [-0.15, -0.1) is 4.68 Å². The predicted molar refractivity (Wildman–Crippen MR) is 92.6 cm³/mol. The van der Waals surface area contributed by atoms with E-state index in [-0.39, 0.29) is 29.8 Å². The first kappa shape index (κ1) is 16.4. The van der Waals surface area contributed by atoms with Crippen molar-refractivity contribution < 1.29 is 25.8 Å². The largest absolute Gasteiger partial charge is 1.00 e. The highest BCUT2D eigenvalue weighted by Gasteiger charge is 2.59. The molecule has 0 saturated carbocycles. The molecule has 5 heterocycles. The lowest BCUT2D eigenvalue weighted by atomic mass is 9.55. The SMILES string of the molecule is Cn1nc[n+]2c1[C@@H]1c3ccccc3[C@H]2CC1(c1ccoc1)c1ccoc1.[Cl-]. The van der Waals surface area contributed by atoms with Crippen LogP contribution in [0.3, 0.4) is 0 Å². The third kappa shape index (κ3) is 1.90. The van der Waals surface area contributed by atoms with Gasteiger partial charge in [0.15, 0.2) is 0 Å². The van der Waals surface area contributed by atoms with E-state index in [2.05, 4.69) is 46.1 Å². The van der Waals surface area contributed by atoms with Crippen LogP contribution >= 0.6 is 0 Å². The van der Waals surface area contributed by atoms with E-state index in [0.29, 0.717) is 0 Å². The van der Waals surface area contributed by atoms with Crippen molar-refractivity contribution in [2.75, 3.05) is 0 Å². The number of aryl methyl sites for hydroxylation is 1. The minimum atomic E-state index is -0.229. The van der Waals surface area contributed by atoms with Crippen molar-refractivity contribution >= 4 is 0 Å². The predicted octanol–water partition coefficient (Wildman–Crippen LogP) is 0.322. The molecule has 2 bridgehead atoms. The molecule has 4 aromatic rings. The van der Waals surface area contributed by atoms with Gasteiger partial charge in [0, 0.05) is 28.1 Å². The molecular formula is C21H18ClN3O2. The minimum Gasteiger partial charge on any atom is -1.00 e. The molecule has 6 heteroatoms. The summed E-state index contributed by atoms with van der Waals surface area (Å²) in [6.45, 7) is 0. The maximum atomic E-state index is 5.53. The molecule has 0 saturated heterocycles. The molecule has 0 radical (unpaired) electrons. The summed E-state index contributed by atoms with van der Waals surface area (Å²) in [6.07, 6.45) is 10.2. The van der Waals surface area contributed by atoms with E-state index in [9.17, 15) is 0 Å². The van der Waals surface area contributed by atoms with E-state index in [1.165, 1.54) is 28.1 Å². The molecule has 136 valence electrons. The molecule has 7 rings (SSSR count). The molecule has 2 atom stereocenters. The topological polar surface area (TPSA) is 48.0 Å². The molecule has 5 nitrogen and oxygen atoms in total. The van der Waals surface area contributed by atoms with Gasteiger partial charge >= 0.3 is 0 Å². The number of fused-ring (bicyclic) bond motifs is 1. The van der Waals surface area contributed by atoms with E-state index in [4.69, 9.17) is 8.83 Å². The number of furan rings is 2. The third-order valence-corrected chi connectivity index (χ3v) is 6.29. The first-order valence-electron chi connectivity index (χ1n) is 8.88. The van der Waals surface area contributed by atoms with Gasteiger partial charge in [-0.1, -0.05) is 24.3 Å². The molecule has 0 spiro atoms. The Morgan fingerprint density at radius 2 is 1.70 bits per heavy atom. The maximum absolute atomic E-state index is 5.53. The summed E-state index contributed by atoms with van der Waals surface area (Å²) < 4.78 is 15.4. The highest BCUT2D eigenvalue weighted by molar-refractivity contribution is 5.52. The Morgan fingerprint density at radius 3 is 2.33 bits per heavy atom. The van der Waals surface area contributed by atoms with E-state index in [0.717, 1.165) is 6.42 Å². The summed E-state index contributed by atoms with van der Waals surface area (Å²) >= 11 is 0. The van der Waals surface area contributed by atoms with Gasteiger partial charge in [0.05, 0.1) is 38.0 Å². The number of nitrogens with zero attached hydrogens (tertiary/aromatic N) is 3. The molecule has 3 aliphatic rings. The summed E-state index contributed by atoms with van der Waals surface area (Å²) in [5.74, 6) is 1.37. The summed E-state index contributed by atoms with van der Waals surface area (Å²) in [7, 11) is 2.03. The van der Waals surface area contributed by atoms with Gasteiger partial charge in [-0.3, -0.25) is 0 Å². The third-order valence-electron chi connectivity index (χ3n) is 6.29. The molecule has 0 fully saturated rings. The second kappa shape index (κ2) is 5.60. The smallest absolute Gasteiger partial charge is 0.265 e. The molecule has 1 aliphatic carbocycles. The zero-order valence-electron chi connectivity index (χ0n) is 14.7. The highest BCUT2D eigenvalue weighted by atomic mass is 35.5. The lowest BCUT2D eigenvalue weighted by Gasteiger charge is -2.49. The number of hydrogen-bond donors (Lipinski definition) is 0. The average molecular weight is 380 g/mol. The Labute approximate surface area is 162 Å². The Hall–Kier alpha value is -2.79. The van der Waals surface area contributed by atoms with Crippen LogP contribution in [0.25, 0.3) is 0 Å². The van der Waals surface area contributed by atoms with Crippen LogP contribution in [0.1, 0.15) is 46.5 Å². The Bertz CT molecular complexity index is 1060. The Kier molecular flexibility index (Phi) is 3.40. The van der Waals surface area contributed by atoms with Crippen LogP contribution in [0.4, 0.5) is 0 Å². The summed E-state index contributed by atoms with van der Waals surface area (Å²) in [5.41, 5.74) is 4.92. The molecule has 0 N–H and O–H groups in total. The molecular weight excluding hydrogens is 362 g/mol. The van der Waals surface area contributed by atoms with Crippen LogP contribution in [0.2, 0.25) is 0 Å². The molecule has 0 amide bonds. The van der Waals surface area contributed by atoms with E-state index in [1.54, 1.807) is 12.5 Å². The van der Waals surface area contributed by atoms with Crippen LogP contribution in [0, 0.1) is 0 Å². The van der Waals surface area contributed by atoms with Crippen LogP contribution in [-0.4, -0.2) is 9.78 Å². The van der Waals surface area contributed by atoms with Crippen LogP contribution in [0.15, 0.2) is 76.6 Å². The Morgan fingerprint density at radius 1 is 1.04 bits per heavy atom. The Balaban J connectivity index is 0.00000160. The van der Waals surface area contributed by atoms with Gasteiger partial charge in [-0.05, 0) is 23.3 Å². The van der Waals surface area contributed by atoms with Gasteiger partial charge < -0.3 is 21.2 Å². The first-order valence-corrected chi connectivity index (χ1v) is 8.88. The molecule has 2 aliphatic heterocycles. The highest BCUT2D eigenvalue weighted by Crippen LogP contribution is 2.59. The summed E-state index contributed by atoms with van der Waals surface area (Å²) in [5, 5.41) is 4.58. The lowest BCUT2D eigenvalue weighted by Crippen LogP contribution is -3.00. The van der Waals surface area contributed by atoms with Crippen LogP contribution < -0.4 is 17.0 Å². The number of rotatable bonds is 2. The second-order valence-electron chi connectivity index (χ2n) is 7.30. The number of hydrogen-bond acceptors (Lipinski definition) is 3. The maximum Gasteiger partial charge on any atom is 0.265 e. The van der Waals surface area contributed by atoms with Crippen LogP contribution in [-0.2, 0) is 12.5 Å². The van der Waals surface area contributed by atoms with Gasteiger partial charge in [-0.25, -0.2) is 4.57 Å². The molecule has 27 heavy (non-hydrogen) atoms. The van der Waals surface area contributed by atoms with E-state index in [1.807, 2.05) is 30.6 Å². The van der Waals surface area contributed by atoms with Gasteiger partial charge in [0.25, 0.3) is 6.33 Å². The van der Waals surface area contributed by atoms with Crippen molar-refractivity contribution in [2.45, 2.75) is 23.8 Å². The van der Waals surface area contributed by atoms with Crippen molar-refractivity contribution in [3.05, 3.63) is 95.9 Å². The lowest BCUT2D eigenvalue weighted by molar-refractivity contribution is -0.733. The zero-order valence-corrected chi connectivity index (χ0v) is 15.5. The van der Waals surface area contributed by atoms with Gasteiger partial charge in [-0.2, -0.15) is 0 Å². The van der Waals surface area contributed by atoms with Crippen molar-refractivity contribution in [3.63, 3.8) is 0 Å². The normalized spacial score (nSPS) is 21.4. The fraction of sp³-hybridized carbons (Fsp3) is 0.238. The molecule has 3 aromatic heterocycles. The van der Waals surface area contributed by atoms with Crippen LogP contribution in [0.5, 0.6) is 0 Å². The standard InChI is InChI=1S/C21H18N3O2.ClH/c1-23-20-19-17-5-3-2-4-16(17)18(24(20)13-22-23)10-21(19,14-6-8-25-11-14)15-7-9-26-12-15;/h2-9,11-13,18-19H,10H2,1H3;1H/q+1;/p-1/t18-,19+;/m1./s1. The number of aromatic nitrogens is 3. The van der Waals surface area contributed by atoms with E-state index < -0.39 is 0 Å². The minimum absolute atomic E-state index is 0. The van der Waals surface area contributed by atoms with Crippen molar-refractivity contribution in [1.82, 2.24) is 9.78 Å².